The van der Waals surface area contributed by atoms with Crippen LogP contribution in [0, 0.1) is 17.8 Å². The van der Waals surface area contributed by atoms with E-state index in [0.29, 0.717) is 5.92 Å². The molecule has 0 saturated heterocycles. The normalized spacial score (nSPS) is 28.8. The van der Waals surface area contributed by atoms with Crippen LogP contribution in [0.1, 0.15) is 37.0 Å². The first kappa shape index (κ1) is 13.4. The molecule has 4 heteroatoms. The number of carbonyl (C=O) groups is 1. The molecular weight excluding hydrogens is 278 g/mol. The Morgan fingerprint density at radius 3 is 2.89 bits per heavy atom. The van der Waals surface area contributed by atoms with E-state index in [0.717, 1.165) is 35.6 Å². The molecule has 3 rings (SSSR count). The predicted octanol–water partition coefficient (Wildman–Crippen LogP) is 3.89. The van der Waals surface area contributed by atoms with Gasteiger partial charge in [0.2, 0.25) is 5.91 Å². The molecule has 2 nitrogen and oxygen atoms in total. The average molecular weight is 298 g/mol. The summed E-state index contributed by atoms with van der Waals surface area (Å²) >= 11 is 7.48. The molecule has 0 aliphatic heterocycles. The molecule has 1 amide bonds. The van der Waals surface area contributed by atoms with Gasteiger partial charge in [0.05, 0.1) is 4.34 Å². The van der Waals surface area contributed by atoms with Crippen LogP contribution in [0.4, 0.5) is 0 Å². The second-order valence-electron chi connectivity index (χ2n) is 5.94. The molecule has 1 heterocycles. The molecule has 2 aliphatic carbocycles. The number of fused-ring (bicyclic) bond motifs is 2. The van der Waals surface area contributed by atoms with Crippen molar-refractivity contribution in [3.8, 4) is 0 Å². The fourth-order valence-corrected chi connectivity index (χ4v) is 4.84. The maximum absolute atomic E-state index is 11.9. The molecule has 19 heavy (non-hydrogen) atoms. The molecule has 104 valence electrons. The first-order chi connectivity index (χ1) is 9.20. The van der Waals surface area contributed by atoms with Gasteiger partial charge in [-0.3, -0.25) is 4.79 Å². The first-order valence-electron chi connectivity index (χ1n) is 7.21. The summed E-state index contributed by atoms with van der Waals surface area (Å²) in [7, 11) is 0. The Bertz CT molecular complexity index is 459. The van der Waals surface area contributed by atoms with Crippen molar-refractivity contribution in [3.05, 3.63) is 21.3 Å². The van der Waals surface area contributed by atoms with E-state index in [1.807, 2.05) is 12.1 Å². The zero-order valence-corrected chi connectivity index (χ0v) is 12.6. The maximum Gasteiger partial charge on any atom is 0.220 e. The summed E-state index contributed by atoms with van der Waals surface area (Å²) in [5.41, 5.74) is 0. The van der Waals surface area contributed by atoms with Crippen molar-refractivity contribution in [3.63, 3.8) is 0 Å². The monoisotopic (exact) mass is 297 g/mol. The summed E-state index contributed by atoms with van der Waals surface area (Å²) in [4.78, 5) is 13.2. The van der Waals surface area contributed by atoms with Gasteiger partial charge >= 0.3 is 0 Å². The lowest BCUT2D eigenvalue weighted by Crippen LogP contribution is -2.28. The highest BCUT2D eigenvalue weighted by Crippen LogP contribution is 2.49. The smallest absolute Gasteiger partial charge is 0.220 e. The minimum absolute atomic E-state index is 0.236. The lowest BCUT2D eigenvalue weighted by molar-refractivity contribution is -0.122. The van der Waals surface area contributed by atoms with Crippen molar-refractivity contribution in [1.82, 2.24) is 5.32 Å². The number of nitrogens with one attached hydrogen (secondary N) is 1. The van der Waals surface area contributed by atoms with Crippen LogP contribution in [0.25, 0.3) is 0 Å². The van der Waals surface area contributed by atoms with E-state index >= 15 is 0 Å². The third-order valence-electron chi connectivity index (χ3n) is 4.65. The Kier molecular flexibility index (Phi) is 4.13. The molecule has 1 aromatic rings. The van der Waals surface area contributed by atoms with Crippen LogP contribution < -0.4 is 5.32 Å². The molecule has 3 atom stereocenters. The number of hydrogen-bond acceptors (Lipinski definition) is 2. The number of carbonyl (C=O) groups excluding carboxylic acids is 1. The molecular formula is C15H20ClNOS. The molecule has 2 fully saturated rings. The summed E-state index contributed by atoms with van der Waals surface area (Å²) in [5, 5.41) is 3.05. The molecule has 2 saturated carbocycles. The zero-order chi connectivity index (χ0) is 13.2. The van der Waals surface area contributed by atoms with E-state index in [2.05, 4.69) is 5.32 Å². The Labute approximate surface area is 123 Å². The summed E-state index contributed by atoms with van der Waals surface area (Å²) in [6.45, 7) is 0.733. The number of halogens is 1. The van der Waals surface area contributed by atoms with Crippen LogP contribution in [0.15, 0.2) is 12.1 Å². The third-order valence-corrected chi connectivity index (χ3v) is 5.95. The maximum atomic E-state index is 11.9. The van der Waals surface area contributed by atoms with Crippen LogP contribution in [-0.2, 0) is 11.2 Å². The first-order valence-corrected chi connectivity index (χ1v) is 8.41. The van der Waals surface area contributed by atoms with Gasteiger partial charge in [0.15, 0.2) is 0 Å². The Balaban J connectivity index is 1.37. The predicted molar refractivity (Wildman–Crippen MR) is 79.6 cm³/mol. The highest BCUT2D eigenvalue weighted by molar-refractivity contribution is 7.16. The van der Waals surface area contributed by atoms with Crippen LogP contribution in [0.3, 0.4) is 0 Å². The summed E-state index contributed by atoms with van der Waals surface area (Å²) in [6.07, 6.45) is 7.06. The quantitative estimate of drug-likeness (QED) is 0.878. The third kappa shape index (κ3) is 3.32. The van der Waals surface area contributed by atoms with Gasteiger partial charge in [0, 0.05) is 17.8 Å². The topological polar surface area (TPSA) is 29.1 Å². The molecule has 3 unspecified atom stereocenters. The minimum atomic E-state index is 0.236. The van der Waals surface area contributed by atoms with Gasteiger partial charge in [-0.25, -0.2) is 0 Å². The van der Waals surface area contributed by atoms with Crippen LogP contribution in [0.5, 0.6) is 0 Å². The largest absolute Gasteiger partial charge is 0.356 e. The number of amides is 1. The highest BCUT2D eigenvalue weighted by Gasteiger charge is 2.39. The fourth-order valence-electron chi connectivity index (χ4n) is 3.75. The summed E-state index contributed by atoms with van der Waals surface area (Å²) < 4.78 is 0.823. The van der Waals surface area contributed by atoms with Crippen molar-refractivity contribution in [2.75, 3.05) is 6.54 Å². The van der Waals surface area contributed by atoms with Crippen molar-refractivity contribution >= 4 is 28.8 Å². The van der Waals surface area contributed by atoms with Gasteiger partial charge < -0.3 is 5.32 Å². The second-order valence-corrected chi connectivity index (χ2v) is 7.74. The van der Waals surface area contributed by atoms with Gasteiger partial charge in [-0.05, 0) is 55.6 Å². The van der Waals surface area contributed by atoms with Gasteiger partial charge in [-0.15, -0.1) is 11.3 Å². The second kappa shape index (κ2) is 5.84. The van der Waals surface area contributed by atoms with E-state index in [4.69, 9.17) is 11.6 Å². The van der Waals surface area contributed by atoms with Gasteiger partial charge in [-0.2, -0.15) is 0 Å². The van der Waals surface area contributed by atoms with E-state index in [-0.39, 0.29) is 5.91 Å². The molecule has 2 bridgehead atoms. The Morgan fingerprint density at radius 1 is 1.37 bits per heavy atom. The number of hydrogen-bond donors (Lipinski definition) is 1. The number of thiophene rings is 1. The van der Waals surface area contributed by atoms with Crippen molar-refractivity contribution < 1.29 is 4.79 Å². The van der Waals surface area contributed by atoms with E-state index in [9.17, 15) is 4.79 Å². The average Bonchev–Trinajstić information content (AvgIpc) is 3.06. The Morgan fingerprint density at radius 2 is 2.26 bits per heavy atom. The van der Waals surface area contributed by atoms with E-state index in [1.54, 1.807) is 11.3 Å². The summed E-state index contributed by atoms with van der Waals surface area (Å²) in [6, 6.07) is 3.95. The molecule has 0 aromatic carbocycles. The fraction of sp³-hybridized carbons (Fsp3) is 0.667. The molecule has 1 aromatic heterocycles. The SMILES string of the molecule is O=C(CC1CC2CCC1C2)NCCc1ccc(Cl)s1. The van der Waals surface area contributed by atoms with Crippen molar-refractivity contribution in [2.24, 2.45) is 17.8 Å². The summed E-state index contributed by atoms with van der Waals surface area (Å²) in [5.74, 6) is 2.66. The van der Waals surface area contributed by atoms with Gasteiger partial charge in [-0.1, -0.05) is 18.0 Å². The lowest BCUT2D eigenvalue weighted by Gasteiger charge is -2.20. The highest BCUT2D eigenvalue weighted by atomic mass is 35.5. The standard InChI is InChI=1S/C15H20ClNOS/c16-14-4-3-13(19-14)5-6-17-15(18)9-12-8-10-1-2-11(12)7-10/h3-4,10-12H,1-2,5-9H2,(H,17,18). The van der Waals surface area contributed by atoms with E-state index < -0.39 is 0 Å². The van der Waals surface area contributed by atoms with Crippen LogP contribution in [-0.4, -0.2) is 12.5 Å². The Hall–Kier alpha value is -0.540. The minimum Gasteiger partial charge on any atom is -0.356 e. The molecule has 0 radical (unpaired) electrons. The van der Waals surface area contributed by atoms with Crippen LogP contribution >= 0.6 is 22.9 Å². The van der Waals surface area contributed by atoms with Gasteiger partial charge in [0.1, 0.15) is 0 Å². The molecule has 2 aliphatic rings. The zero-order valence-electron chi connectivity index (χ0n) is 11.0. The molecule has 1 N–H and O–H groups in total. The number of rotatable bonds is 5. The van der Waals surface area contributed by atoms with Crippen molar-refractivity contribution in [1.29, 1.82) is 0 Å². The van der Waals surface area contributed by atoms with E-state index in [1.165, 1.54) is 30.6 Å². The van der Waals surface area contributed by atoms with Crippen LogP contribution in [0.2, 0.25) is 4.34 Å². The van der Waals surface area contributed by atoms with Crippen molar-refractivity contribution in [2.45, 2.75) is 38.5 Å². The van der Waals surface area contributed by atoms with Gasteiger partial charge in [0.25, 0.3) is 0 Å². The lowest BCUT2D eigenvalue weighted by atomic mass is 9.86. The molecule has 0 spiro atoms.